The van der Waals surface area contributed by atoms with E-state index in [1.165, 1.54) is 11.0 Å². The number of hydrogen-bond acceptors (Lipinski definition) is 5. The molecule has 28 heavy (non-hydrogen) atoms. The SMILES string of the molecule is CCNC(=NCc1cc2c(cc1OC(F)F)OCO2)NCCC(=O)N(C)C.I. The minimum Gasteiger partial charge on any atom is -0.454 e. The summed E-state index contributed by atoms with van der Waals surface area (Å²) in [6.45, 7) is 0.0418. The average Bonchev–Trinajstić information content (AvgIpc) is 3.05. The summed E-state index contributed by atoms with van der Waals surface area (Å²) < 4.78 is 40.4. The maximum Gasteiger partial charge on any atom is 0.387 e. The van der Waals surface area contributed by atoms with Crippen LogP contribution in [0.5, 0.6) is 17.2 Å². The number of nitrogens with one attached hydrogen (secondary N) is 2. The number of aliphatic imine (C=N–C) groups is 1. The molecule has 1 aliphatic heterocycles. The first-order valence-electron chi connectivity index (χ1n) is 8.50. The third-order valence-electron chi connectivity index (χ3n) is 3.65. The minimum absolute atomic E-state index is 0. The number of nitrogens with zero attached hydrogens (tertiary/aromatic N) is 2. The van der Waals surface area contributed by atoms with Crippen LogP contribution in [0.1, 0.15) is 18.9 Å². The summed E-state index contributed by atoms with van der Waals surface area (Å²) in [7, 11) is 3.37. The van der Waals surface area contributed by atoms with Crippen molar-refractivity contribution in [3.8, 4) is 17.2 Å². The molecule has 0 spiro atoms. The summed E-state index contributed by atoms with van der Waals surface area (Å²) in [6.07, 6.45) is 0.307. The first-order chi connectivity index (χ1) is 12.9. The Balaban J connectivity index is 0.00000392. The fraction of sp³-hybridized carbons (Fsp3) is 0.529. The van der Waals surface area contributed by atoms with Crippen LogP contribution in [-0.4, -0.2) is 57.4 Å². The van der Waals surface area contributed by atoms with Crippen LogP contribution >= 0.6 is 24.0 Å². The number of carbonyl (C=O) groups is 1. The Bertz CT molecular complexity index is 689. The molecule has 0 saturated carbocycles. The summed E-state index contributed by atoms with van der Waals surface area (Å²) in [5, 5.41) is 6.07. The fourth-order valence-electron chi connectivity index (χ4n) is 2.31. The molecule has 158 valence electrons. The van der Waals surface area contributed by atoms with Gasteiger partial charge in [-0.05, 0) is 13.0 Å². The van der Waals surface area contributed by atoms with E-state index in [-0.39, 0.29) is 49.0 Å². The molecule has 1 aliphatic rings. The maximum atomic E-state index is 12.7. The molecule has 0 radical (unpaired) electrons. The highest BCUT2D eigenvalue weighted by Crippen LogP contribution is 2.38. The lowest BCUT2D eigenvalue weighted by molar-refractivity contribution is -0.128. The monoisotopic (exact) mass is 514 g/mol. The van der Waals surface area contributed by atoms with Crippen molar-refractivity contribution in [2.45, 2.75) is 26.5 Å². The van der Waals surface area contributed by atoms with Crippen LogP contribution in [0.15, 0.2) is 17.1 Å². The number of carbonyl (C=O) groups excluding carboxylic acids is 1. The van der Waals surface area contributed by atoms with Crippen molar-refractivity contribution < 1.29 is 27.8 Å². The van der Waals surface area contributed by atoms with Crippen LogP contribution < -0.4 is 24.8 Å². The zero-order valence-corrected chi connectivity index (χ0v) is 18.3. The molecule has 0 fully saturated rings. The first-order valence-corrected chi connectivity index (χ1v) is 8.50. The van der Waals surface area contributed by atoms with Crippen molar-refractivity contribution in [1.82, 2.24) is 15.5 Å². The smallest absolute Gasteiger partial charge is 0.387 e. The number of amides is 1. The lowest BCUT2D eigenvalue weighted by Crippen LogP contribution is -2.39. The third-order valence-corrected chi connectivity index (χ3v) is 3.65. The topological polar surface area (TPSA) is 84.4 Å². The Hall–Kier alpha value is -2.05. The van der Waals surface area contributed by atoms with Crippen LogP contribution in [-0.2, 0) is 11.3 Å². The van der Waals surface area contributed by atoms with E-state index in [0.717, 1.165) is 0 Å². The van der Waals surface area contributed by atoms with Crippen molar-refractivity contribution >= 4 is 35.8 Å². The molecule has 8 nitrogen and oxygen atoms in total. The van der Waals surface area contributed by atoms with Crippen molar-refractivity contribution in [3.05, 3.63) is 17.7 Å². The van der Waals surface area contributed by atoms with Gasteiger partial charge in [-0.15, -0.1) is 24.0 Å². The van der Waals surface area contributed by atoms with Gasteiger partial charge in [0.1, 0.15) is 5.75 Å². The number of alkyl halides is 2. The van der Waals surface area contributed by atoms with E-state index in [9.17, 15) is 13.6 Å². The minimum atomic E-state index is -2.96. The van der Waals surface area contributed by atoms with Gasteiger partial charge < -0.3 is 29.7 Å². The van der Waals surface area contributed by atoms with E-state index in [1.54, 1.807) is 20.2 Å². The Labute approximate surface area is 179 Å². The first kappa shape index (κ1) is 24.0. The number of benzene rings is 1. The fourth-order valence-corrected chi connectivity index (χ4v) is 2.31. The average molecular weight is 514 g/mol. The highest BCUT2D eigenvalue weighted by molar-refractivity contribution is 14.0. The van der Waals surface area contributed by atoms with E-state index < -0.39 is 6.61 Å². The number of halogens is 3. The second-order valence-electron chi connectivity index (χ2n) is 5.85. The molecule has 2 rings (SSSR count). The molecule has 1 aromatic carbocycles. The second kappa shape index (κ2) is 11.7. The molecule has 0 saturated heterocycles. The van der Waals surface area contributed by atoms with Crippen molar-refractivity contribution in [3.63, 3.8) is 0 Å². The van der Waals surface area contributed by atoms with Crippen molar-refractivity contribution in [2.24, 2.45) is 4.99 Å². The van der Waals surface area contributed by atoms with Crippen LogP contribution in [0.2, 0.25) is 0 Å². The largest absolute Gasteiger partial charge is 0.454 e. The highest BCUT2D eigenvalue weighted by atomic mass is 127. The molecule has 1 amide bonds. The molecule has 0 atom stereocenters. The molecule has 0 unspecified atom stereocenters. The molecule has 11 heteroatoms. The van der Waals surface area contributed by atoms with Gasteiger partial charge in [0.2, 0.25) is 12.7 Å². The van der Waals surface area contributed by atoms with Crippen LogP contribution in [0.25, 0.3) is 0 Å². The van der Waals surface area contributed by atoms with Crippen LogP contribution in [0.4, 0.5) is 8.78 Å². The van der Waals surface area contributed by atoms with Gasteiger partial charge in [0.05, 0.1) is 6.54 Å². The zero-order chi connectivity index (χ0) is 19.8. The predicted octanol–water partition coefficient (Wildman–Crippen LogP) is 2.17. The van der Waals surface area contributed by atoms with Gasteiger partial charge in [0.15, 0.2) is 17.5 Å². The van der Waals surface area contributed by atoms with E-state index >= 15 is 0 Å². The maximum absolute atomic E-state index is 12.7. The van der Waals surface area contributed by atoms with Gasteiger partial charge in [-0.2, -0.15) is 8.78 Å². The summed E-state index contributed by atoms with van der Waals surface area (Å²) in [5.41, 5.74) is 0.432. The van der Waals surface area contributed by atoms with Gasteiger partial charge in [-0.3, -0.25) is 4.79 Å². The van der Waals surface area contributed by atoms with Gasteiger partial charge in [0.25, 0.3) is 0 Å². The Morgan fingerprint density at radius 3 is 2.57 bits per heavy atom. The van der Waals surface area contributed by atoms with Crippen LogP contribution in [0.3, 0.4) is 0 Å². The number of hydrogen-bond donors (Lipinski definition) is 2. The molecular weight excluding hydrogens is 489 g/mol. The Morgan fingerprint density at radius 1 is 1.29 bits per heavy atom. The number of fused-ring (bicyclic) bond motifs is 1. The highest BCUT2D eigenvalue weighted by Gasteiger charge is 2.20. The molecular formula is C17H25F2IN4O4. The van der Waals surface area contributed by atoms with Crippen LogP contribution in [0, 0.1) is 0 Å². The Morgan fingerprint density at radius 2 is 1.96 bits per heavy atom. The lowest BCUT2D eigenvalue weighted by atomic mass is 10.1. The quantitative estimate of drug-likeness (QED) is 0.315. The Kier molecular flexibility index (Phi) is 10.0. The summed E-state index contributed by atoms with van der Waals surface area (Å²) in [5.74, 6) is 1.24. The van der Waals surface area contributed by atoms with E-state index in [0.29, 0.717) is 42.5 Å². The number of guanidine groups is 1. The second-order valence-corrected chi connectivity index (χ2v) is 5.85. The van der Waals surface area contributed by atoms with Gasteiger partial charge in [-0.25, -0.2) is 4.99 Å². The third kappa shape index (κ3) is 7.17. The number of rotatable bonds is 8. The van der Waals surface area contributed by atoms with Gasteiger partial charge >= 0.3 is 6.61 Å². The summed E-state index contributed by atoms with van der Waals surface area (Å²) in [4.78, 5) is 17.5. The lowest BCUT2D eigenvalue weighted by Gasteiger charge is -2.14. The normalized spacial score (nSPS) is 12.4. The molecule has 2 N–H and O–H groups in total. The van der Waals surface area contributed by atoms with Crippen molar-refractivity contribution in [1.29, 1.82) is 0 Å². The van der Waals surface area contributed by atoms with Gasteiger partial charge in [-0.1, -0.05) is 0 Å². The molecule has 1 heterocycles. The zero-order valence-electron chi connectivity index (χ0n) is 16.0. The van der Waals surface area contributed by atoms with E-state index in [2.05, 4.69) is 20.4 Å². The standard InChI is InChI=1S/C17H24F2N4O4.HI/c1-4-20-17(21-6-5-15(24)23(2)3)22-9-11-7-13-14(26-10-25-13)8-12(11)27-16(18)19;/h7-8,16H,4-6,9-10H2,1-3H3,(H2,20,21,22);1H. The number of ether oxygens (including phenoxy) is 3. The van der Waals surface area contributed by atoms with E-state index in [1.807, 2.05) is 6.92 Å². The van der Waals surface area contributed by atoms with Gasteiger partial charge in [0, 0.05) is 45.2 Å². The predicted molar refractivity (Wildman–Crippen MR) is 111 cm³/mol. The van der Waals surface area contributed by atoms with Crippen molar-refractivity contribution in [2.75, 3.05) is 34.0 Å². The molecule has 0 aromatic heterocycles. The molecule has 0 bridgehead atoms. The summed E-state index contributed by atoms with van der Waals surface area (Å²) in [6, 6.07) is 2.94. The van der Waals surface area contributed by atoms with E-state index in [4.69, 9.17) is 9.47 Å². The summed E-state index contributed by atoms with van der Waals surface area (Å²) >= 11 is 0. The molecule has 0 aliphatic carbocycles. The molecule has 1 aromatic rings.